The first-order valence-corrected chi connectivity index (χ1v) is 6.69. The Hall–Kier alpha value is -2.04. The number of hydrogen-bond donors (Lipinski definition) is 2. The summed E-state index contributed by atoms with van der Waals surface area (Å²) in [5.41, 5.74) is 0.560. The minimum Gasteiger partial charge on any atom is -0.482 e. The first kappa shape index (κ1) is 16.0. The molecule has 2 N–H and O–H groups in total. The lowest BCUT2D eigenvalue weighted by atomic mass is 10.1. The van der Waals surface area contributed by atoms with Crippen molar-refractivity contribution in [2.24, 2.45) is 5.92 Å². The van der Waals surface area contributed by atoms with Crippen LogP contribution in [0.3, 0.4) is 0 Å². The molecule has 20 heavy (non-hydrogen) atoms. The number of nitrogens with one attached hydrogen (secondary N) is 2. The highest BCUT2D eigenvalue weighted by atomic mass is 16.5. The predicted octanol–water partition coefficient (Wildman–Crippen LogP) is 2.18. The summed E-state index contributed by atoms with van der Waals surface area (Å²) in [5.74, 6) is 0.489. The van der Waals surface area contributed by atoms with Crippen LogP contribution < -0.4 is 15.4 Å². The highest BCUT2D eigenvalue weighted by Crippen LogP contribution is 2.23. The minimum absolute atomic E-state index is 0.0757. The Bertz CT molecular complexity index is 472. The van der Waals surface area contributed by atoms with Crippen LogP contribution in [0.2, 0.25) is 0 Å². The van der Waals surface area contributed by atoms with Crippen LogP contribution in [0.15, 0.2) is 24.3 Å². The molecule has 0 saturated heterocycles. The van der Waals surface area contributed by atoms with E-state index in [2.05, 4.69) is 10.6 Å². The summed E-state index contributed by atoms with van der Waals surface area (Å²) in [6, 6.07) is 7.11. The number of hydrogen-bond acceptors (Lipinski definition) is 3. The van der Waals surface area contributed by atoms with Gasteiger partial charge in [-0.15, -0.1) is 0 Å². The van der Waals surface area contributed by atoms with E-state index in [1.807, 2.05) is 20.8 Å². The van der Waals surface area contributed by atoms with Gasteiger partial charge in [0.1, 0.15) is 5.75 Å². The predicted molar refractivity (Wildman–Crippen MR) is 78.7 cm³/mol. The third kappa shape index (κ3) is 5.30. The Kier molecular flexibility index (Phi) is 6.03. The van der Waals surface area contributed by atoms with Gasteiger partial charge in [-0.05, 0) is 25.0 Å². The molecule has 0 bridgehead atoms. The summed E-state index contributed by atoms with van der Waals surface area (Å²) in [7, 11) is 0. The smallest absolute Gasteiger partial charge is 0.258 e. The van der Waals surface area contributed by atoms with E-state index in [4.69, 9.17) is 4.74 Å². The first-order valence-electron chi connectivity index (χ1n) is 6.69. The maximum Gasteiger partial charge on any atom is 0.258 e. The van der Waals surface area contributed by atoms with E-state index in [0.29, 0.717) is 17.4 Å². The highest BCUT2D eigenvalue weighted by Gasteiger charge is 2.12. The van der Waals surface area contributed by atoms with Crippen molar-refractivity contribution in [1.29, 1.82) is 0 Å². The molecule has 0 fully saturated rings. The van der Waals surface area contributed by atoms with E-state index in [0.717, 1.165) is 0 Å². The summed E-state index contributed by atoms with van der Waals surface area (Å²) in [6.45, 7) is 7.38. The monoisotopic (exact) mass is 278 g/mol. The van der Waals surface area contributed by atoms with Crippen molar-refractivity contribution in [1.82, 2.24) is 5.32 Å². The first-order chi connectivity index (χ1) is 9.40. The second-order valence-corrected chi connectivity index (χ2v) is 5.07. The molecule has 0 heterocycles. The number of para-hydroxylation sites is 2. The van der Waals surface area contributed by atoms with Crippen molar-refractivity contribution in [3.05, 3.63) is 24.3 Å². The third-order valence-corrected chi connectivity index (χ3v) is 2.95. The van der Waals surface area contributed by atoms with Gasteiger partial charge in [0.15, 0.2) is 6.61 Å². The number of rotatable bonds is 6. The Morgan fingerprint density at radius 2 is 1.85 bits per heavy atom. The van der Waals surface area contributed by atoms with Crippen molar-refractivity contribution in [2.45, 2.75) is 33.7 Å². The lowest BCUT2D eigenvalue weighted by Crippen LogP contribution is -2.39. The van der Waals surface area contributed by atoms with Gasteiger partial charge in [-0.2, -0.15) is 0 Å². The van der Waals surface area contributed by atoms with Gasteiger partial charge in [0, 0.05) is 13.0 Å². The summed E-state index contributed by atoms with van der Waals surface area (Å²) in [4.78, 5) is 22.8. The molecular weight excluding hydrogens is 256 g/mol. The standard InChI is InChI=1S/C15H22N2O3/c1-10(2)11(3)16-15(19)9-20-14-8-6-5-7-13(14)17-12(4)18/h5-8,10-11H,9H2,1-4H3,(H,16,19)(H,17,18)/t11-/m0/s1. The molecule has 0 saturated carbocycles. The van der Waals surface area contributed by atoms with Gasteiger partial charge in [-0.25, -0.2) is 0 Å². The average molecular weight is 278 g/mol. The molecule has 1 atom stereocenters. The van der Waals surface area contributed by atoms with Crippen LogP contribution in [0.25, 0.3) is 0 Å². The van der Waals surface area contributed by atoms with Crippen molar-refractivity contribution < 1.29 is 14.3 Å². The van der Waals surface area contributed by atoms with Crippen molar-refractivity contribution in [2.75, 3.05) is 11.9 Å². The van der Waals surface area contributed by atoms with E-state index in [9.17, 15) is 9.59 Å². The van der Waals surface area contributed by atoms with Gasteiger partial charge < -0.3 is 15.4 Å². The topological polar surface area (TPSA) is 67.4 Å². The molecule has 0 aliphatic heterocycles. The molecule has 1 aromatic carbocycles. The third-order valence-electron chi connectivity index (χ3n) is 2.95. The van der Waals surface area contributed by atoms with Gasteiger partial charge in [0.05, 0.1) is 5.69 Å². The quantitative estimate of drug-likeness (QED) is 0.838. The number of amides is 2. The lowest BCUT2D eigenvalue weighted by Gasteiger charge is -2.18. The van der Waals surface area contributed by atoms with Gasteiger partial charge in [-0.1, -0.05) is 26.0 Å². The fraction of sp³-hybridized carbons (Fsp3) is 0.467. The second kappa shape index (κ2) is 7.53. The molecule has 5 nitrogen and oxygen atoms in total. The average Bonchev–Trinajstić information content (AvgIpc) is 2.36. The van der Waals surface area contributed by atoms with Crippen molar-refractivity contribution in [3.63, 3.8) is 0 Å². The molecule has 0 aromatic heterocycles. The number of ether oxygens (including phenoxy) is 1. The van der Waals surface area contributed by atoms with Crippen molar-refractivity contribution in [3.8, 4) is 5.75 Å². The van der Waals surface area contributed by atoms with Crippen molar-refractivity contribution >= 4 is 17.5 Å². The zero-order chi connectivity index (χ0) is 15.1. The van der Waals surface area contributed by atoms with Crippen LogP contribution in [0.5, 0.6) is 5.75 Å². The van der Waals surface area contributed by atoms with Crippen LogP contribution in [0.1, 0.15) is 27.7 Å². The Morgan fingerprint density at radius 1 is 1.20 bits per heavy atom. The largest absolute Gasteiger partial charge is 0.482 e. The zero-order valence-corrected chi connectivity index (χ0v) is 12.4. The molecule has 110 valence electrons. The molecular formula is C15H22N2O3. The fourth-order valence-corrected chi connectivity index (χ4v) is 1.49. The molecule has 0 spiro atoms. The SMILES string of the molecule is CC(=O)Nc1ccccc1OCC(=O)N[C@@H](C)C(C)C. The van der Waals surface area contributed by atoms with E-state index < -0.39 is 0 Å². The molecule has 1 aromatic rings. The van der Waals surface area contributed by atoms with Crippen LogP contribution in [0.4, 0.5) is 5.69 Å². The molecule has 2 amide bonds. The molecule has 5 heteroatoms. The Morgan fingerprint density at radius 3 is 2.45 bits per heavy atom. The van der Waals surface area contributed by atoms with Gasteiger partial charge in [0.2, 0.25) is 5.91 Å². The molecule has 0 aliphatic rings. The minimum atomic E-state index is -0.182. The molecule has 0 radical (unpaired) electrons. The van der Waals surface area contributed by atoms with Crippen LogP contribution in [0, 0.1) is 5.92 Å². The van der Waals surface area contributed by atoms with E-state index >= 15 is 0 Å². The number of benzene rings is 1. The van der Waals surface area contributed by atoms with Crippen LogP contribution in [-0.4, -0.2) is 24.5 Å². The summed E-state index contributed by atoms with van der Waals surface area (Å²) in [6.07, 6.45) is 0. The van der Waals surface area contributed by atoms with Gasteiger partial charge in [-0.3, -0.25) is 9.59 Å². The Labute approximate surface area is 119 Å². The molecule has 0 unspecified atom stereocenters. The summed E-state index contributed by atoms with van der Waals surface area (Å²) in [5, 5.41) is 5.52. The van der Waals surface area contributed by atoms with E-state index in [-0.39, 0.29) is 24.5 Å². The lowest BCUT2D eigenvalue weighted by molar-refractivity contribution is -0.124. The second-order valence-electron chi connectivity index (χ2n) is 5.07. The summed E-state index contributed by atoms with van der Waals surface area (Å²) >= 11 is 0. The summed E-state index contributed by atoms with van der Waals surface area (Å²) < 4.78 is 5.45. The molecule has 0 aliphatic carbocycles. The number of carbonyl (C=O) groups excluding carboxylic acids is 2. The van der Waals surface area contributed by atoms with Crippen LogP contribution in [-0.2, 0) is 9.59 Å². The van der Waals surface area contributed by atoms with Gasteiger partial charge in [0.25, 0.3) is 5.91 Å². The maximum absolute atomic E-state index is 11.7. The fourth-order valence-electron chi connectivity index (χ4n) is 1.49. The van der Waals surface area contributed by atoms with Gasteiger partial charge >= 0.3 is 0 Å². The van der Waals surface area contributed by atoms with Crippen LogP contribution >= 0.6 is 0 Å². The zero-order valence-electron chi connectivity index (χ0n) is 12.4. The van der Waals surface area contributed by atoms with E-state index in [1.54, 1.807) is 24.3 Å². The highest BCUT2D eigenvalue weighted by molar-refractivity contribution is 5.90. The Balaban J connectivity index is 2.57. The number of anilines is 1. The maximum atomic E-state index is 11.7. The molecule has 1 rings (SSSR count). The normalized spacial score (nSPS) is 11.8. The number of carbonyl (C=O) groups is 2. The van der Waals surface area contributed by atoms with E-state index in [1.165, 1.54) is 6.92 Å².